The molecule has 2 aromatic rings. The molecule has 2 rings (SSSR count). The van der Waals surface area contributed by atoms with Crippen LogP contribution in [0, 0.1) is 23.3 Å². The van der Waals surface area contributed by atoms with E-state index in [2.05, 4.69) is 5.32 Å². The molecule has 0 saturated heterocycles. The average Bonchev–Trinajstić information content (AvgIpc) is 2.35. The molecule has 0 atom stereocenters. The van der Waals surface area contributed by atoms with Gasteiger partial charge in [0.25, 0.3) is 0 Å². The SMILES string of the molecule is Fc1cc(Nc2ccccc2)c(F)c(F)c1F. The van der Waals surface area contributed by atoms with E-state index in [0.717, 1.165) is 0 Å². The molecule has 0 bridgehead atoms. The number of benzene rings is 2. The van der Waals surface area contributed by atoms with Crippen LogP contribution in [0.3, 0.4) is 0 Å². The monoisotopic (exact) mass is 241 g/mol. The lowest BCUT2D eigenvalue weighted by atomic mass is 10.2. The first kappa shape index (κ1) is 11.4. The summed E-state index contributed by atoms with van der Waals surface area (Å²) >= 11 is 0. The summed E-state index contributed by atoms with van der Waals surface area (Å²) in [4.78, 5) is 0. The van der Waals surface area contributed by atoms with E-state index in [1.54, 1.807) is 30.3 Å². The summed E-state index contributed by atoms with van der Waals surface area (Å²) in [7, 11) is 0. The van der Waals surface area contributed by atoms with Crippen molar-refractivity contribution in [2.24, 2.45) is 0 Å². The molecule has 1 N–H and O–H groups in total. The highest BCUT2D eigenvalue weighted by Crippen LogP contribution is 2.25. The van der Waals surface area contributed by atoms with Gasteiger partial charge in [-0.1, -0.05) is 18.2 Å². The van der Waals surface area contributed by atoms with Crippen molar-refractivity contribution in [2.45, 2.75) is 0 Å². The van der Waals surface area contributed by atoms with Crippen molar-refractivity contribution in [3.63, 3.8) is 0 Å². The Balaban J connectivity index is 2.41. The Morgan fingerprint density at radius 1 is 0.765 bits per heavy atom. The first-order chi connectivity index (χ1) is 8.09. The van der Waals surface area contributed by atoms with Crippen molar-refractivity contribution in [3.8, 4) is 0 Å². The van der Waals surface area contributed by atoms with Crippen LogP contribution in [0.5, 0.6) is 0 Å². The van der Waals surface area contributed by atoms with Gasteiger partial charge in [0.05, 0.1) is 5.69 Å². The number of anilines is 2. The van der Waals surface area contributed by atoms with Crippen molar-refractivity contribution in [1.82, 2.24) is 0 Å². The lowest BCUT2D eigenvalue weighted by Gasteiger charge is -2.08. The molecular weight excluding hydrogens is 234 g/mol. The lowest BCUT2D eigenvalue weighted by molar-refractivity contribution is 0.411. The van der Waals surface area contributed by atoms with Gasteiger partial charge in [0, 0.05) is 11.8 Å². The van der Waals surface area contributed by atoms with Crippen LogP contribution in [0.4, 0.5) is 28.9 Å². The Labute approximate surface area is 94.7 Å². The van der Waals surface area contributed by atoms with E-state index < -0.39 is 29.0 Å². The molecule has 0 radical (unpaired) electrons. The second-order valence-corrected chi connectivity index (χ2v) is 3.34. The van der Waals surface area contributed by atoms with Gasteiger partial charge in [0.2, 0.25) is 0 Å². The minimum atomic E-state index is -1.83. The molecule has 0 fully saturated rings. The van der Waals surface area contributed by atoms with Crippen LogP contribution in [0.2, 0.25) is 0 Å². The molecular formula is C12H7F4N. The summed E-state index contributed by atoms with van der Waals surface area (Å²) in [6.45, 7) is 0. The Bertz CT molecular complexity index is 540. The van der Waals surface area contributed by atoms with Gasteiger partial charge in [-0.2, -0.15) is 0 Å². The van der Waals surface area contributed by atoms with Crippen molar-refractivity contribution in [1.29, 1.82) is 0 Å². The maximum atomic E-state index is 13.3. The minimum absolute atomic E-state index is 0.441. The van der Waals surface area contributed by atoms with Crippen LogP contribution in [0.25, 0.3) is 0 Å². The fourth-order valence-electron chi connectivity index (χ4n) is 1.34. The Morgan fingerprint density at radius 2 is 1.41 bits per heavy atom. The molecule has 0 unspecified atom stereocenters. The van der Waals surface area contributed by atoms with E-state index in [9.17, 15) is 17.6 Å². The van der Waals surface area contributed by atoms with Crippen molar-refractivity contribution in [3.05, 3.63) is 59.7 Å². The highest BCUT2D eigenvalue weighted by molar-refractivity contribution is 5.60. The van der Waals surface area contributed by atoms with Gasteiger partial charge in [-0.3, -0.25) is 0 Å². The van der Waals surface area contributed by atoms with Crippen LogP contribution in [0.1, 0.15) is 0 Å². The molecule has 0 aromatic heterocycles. The normalized spacial score (nSPS) is 10.4. The quantitative estimate of drug-likeness (QED) is 0.476. The molecule has 0 saturated carbocycles. The van der Waals surface area contributed by atoms with E-state index in [1.807, 2.05) is 0 Å². The van der Waals surface area contributed by atoms with Crippen molar-refractivity contribution in [2.75, 3.05) is 5.32 Å². The van der Waals surface area contributed by atoms with Gasteiger partial charge in [0.1, 0.15) is 0 Å². The summed E-state index contributed by atoms with van der Waals surface area (Å²) in [5.41, 5.74) is -0.00981. The number of para-hydroxylation sites is 1. The smallest absolute Gasteiger partial charge is 0.199 e. The summed E-state index contributed by atoms with van der Waals surface area (Å²) in [5, 5.41) is 2.46. The third-order valence-electron chi connectivity index (χ3n) is 2.16. The molecule has 0 amide bonds. The molecule has 0 aliphatic heterocycles. The number of halogens is 4. The molecule has 0 spiro atoms. The van der Waals surface area contributed by atoms with Crippen molar-refractivity contribution >= 4 is 11.4 Å². The van der Waals surface area contributed by atoms with E-state index in [1.165, 1.54) is 0 Å². The van der Waals surface area contributed by atoms with E-state index in [-0.39, 0.29) is 0 Å². The van der Waals surface area contributed by atoms with E-state index in [0.29, 0.717) is 11.8 Å². The third-order valence-corrected chi connectivity index (χ3v) is 2.16. The molecule has 17 heavy (non-hydrogen) atoms. The fourth-order valence-corrected chi connectivity index (χ4v) is 1.34. The molecule has 88 valence electrons. The zero-order valence-corrected chi connectivity index (χ0v) is 8.48. The maximum absolute atomic E-state index is 13.3. The predicted molar refractivity (Wildman–Crippen MR) is 56.0 cm³/mol. The predicted octanol–water partition coefficient (Wildman–Crippen LogP) is 3.99. The third kappa shape index (κ3) is 2.22. The largest absolute Gasteiger partial charge is 0.353 e. The van der Waals surface area contributed by atoms with Gasteiger partial charge >= 0.3 is 0 Å². The van der Waals surface area contributed by atoms with Crippen LogP contribution in [-0.4, -0.2) is 0 Å². The van der Waals surface area contributed by atoms with Gasteiger partial charge < -0.3 is 5.32 Å². The molecule has 5 heteroatoms. The summed E-state index contributed by atoms with van der Waals surface area (Å²) in [6.07, 6.45) is 0. The maximum Gasteiger partial charge on any atom is 0.199 e. The zero-order valence-electron chi connectivity index (χ0n) is 8.48. The average molecular weight is 241 g/mol. The molecule has 0 heterocycles. The van der Waals surface area contributed by atoms with Crippen LogP contribution in [-0.2, 0) is 0 Å². The van der Waals surface area contributed by atoms with Crippen LogP contribution < -0.4 is 5.32 Å². The van der Waals surface area contributed by atoms with Gasteiger partial charge in [-0.25, -0.2) is 17.6 Å². The Hall–Kier alpha value is -2.04. The number of hydrogen-bond donors (Lipinski definition) is 1. The first-order valence-electron chi connectivity index (χ1n) is 4.74. The number of rotatable bonds is 2. The standard InChI is InChI=1S/C12H7F4N/c13-8-6-9(11(15)12(16)10(8)14)17-7-4-2-1-3-5-7/h1-6,17H. The Morgan fingerprint density at radius 3 is 2.06 bits per heavy atom. The topological polar surface area (TPSA) is 12.0 Å². The van der Waals surface area contributed by atoms with Gasteiger partial charge in [-0.05, 0) is 12.1 Å². The minimum Gasteiger partial charge on any atom is -0.353 e. The summed E-state index contributed by atoms with van der Waals surface area (Å²) in [5.74, 6) is -6.54. The van der Waals surface area contributed by atoms with Gasteiger partial charge in [-0.15, -0.1) is 0 Å². The number of nitrogens with one attached hydrogen (secondary N) is 1. The van der Waals surface area contributed by atoms with Crippen LogP contribution >= 0.6 is 0 Å². The van der Waals surface area contributed by atoms with Gasteiger partial charge in [0.15, 0.2) is 23.3 Å². The summed E-state index contributed by atoms with van der Waals surface area (Å²) in [6, 6.07) is 8.79. The Kier molecular flexibility index (Phi) is 2.99. The highest BCUT2D eigenvalue weighted by Gasteiger charge is 2.18. The fraction of sp³-hybridized carbons (Fsp3) is 0. The highest BCUT2D eigenvalue weighted by atomic mass is 19.2. The summed E-state index contributed by atoms with van der Waals surface area (Å²) < 4.78 is 51.8. The second-order valence-electron chi connectivity index (χ2n) is 3.34. The zero-order chi connectivity index (χ0) is 12.4. The van der Waals surface area contributed by atoms with E-state index in [4.69, 9.17) is 0 Å². The molecule has 1 nitrogen and oxygen atoms in total. The first-order valence-corrected chi connectivity index (χ1v) is 4.74. The molecule has 2 aromatic carbocycles. The molecule has 0 aliphatic rings. The van der Waals surface area contributed by atoms with E-state index >= 15 is 0 Å². The van der Waals surface area contributed by atoms with Crippen molar-refractivity contribution < 1.29 is 17.6 Å². The second kappa shape index (κ2) is 4.45. The van der Waals surface area contributed by atoms with Crippen LogP contribution in [0.15, 0.2) is 36.4 Å². The molecule has 0 aliphatic carbocycles. The lowest BCUT2D eigenvalue weighted by Crippen LogP contribution is -2.01. The number of hydrogen-bond acceptors (Lipinski definition) is 1.